The molecule has 2 aliphatic heterocycles. The molecule has 0 spiro atoms. The van der Waals surface area contributed by atoms with E-state index in [9.17, 15) is 9.59 Å². The van der Waals surface area contributed by atoms with Gasteiger partial charge in [0.1, 0.15) is 12.1 Å². The molecule has 1 aromatic carbocycles. The van der Waals surface area contributed by atoms with Gasteiger partial charge in [0, 0.05) is 32.4 Å². The van der Waals surface area contributed by atoms with E-state index in [0.29, 0.717) is 31.1 Å². The number of ether oxygens (including phenoxy) is 1. The average Bonchev–Trinajstić information content (AvgIpc) is 3.22. The van der Waals surface area contributed by atoms with Crippen molar-refractivity contribution >= 4 is 33.4 Å². The highest BCUT2D eigenvalue weighted by Crippen LogP contribution is 2.31. The van der Waals surface area contributed by atoms with Gasteiger partial charge in [-0.15, -0.1) is 0 Å². The van der Waals surface area contributed by atoms with E-state index in [1.54, 1.807) is 11.3 Å². The number of fused-ring (bicyclic) bond motifs is 1. The van der Waals surface area contributed by atoms with Crippen LogP contribution in [0.4, 0.5) is 0 Å². The molecule has 0 radical (unpaired) electrons. The molecule has 7 heteroatoms. The van der Waals surface area contributed by atoms with Crippen LogP contribution in [-0.2, 0) is 9.59 Å². The number of nitrogens with zero attached hydrogens (tertiary/aromatic N) is 2. The quantitative estimate of drug-likeness (QED) is 0.912. The molecular weight excluding hydrogens is 338 g/mol. The predicted molar refractivity (Wildman–Crippen MR) is 95.8 cm³/mol. The number of rotatable bonds is 3. The summed E-state index contributed by atoms with van der Waals surface area (Å²) >= 11 is 1.57. The average molecular weight is 359 g/mol. The third-order valence-corrected chi connectivity index (χ3v) is 5.83. The minimum atomic E-state index is -0.336. The van der Waals surface area contributed by atoms with Crippen LogP contribution in [0.5, 0.6) is 5.19 Å². The first-order chi connectivity index (χ1) is 12.1. The van der Waals surface area contributed by atoms with Crippen molar-refractivity contribution in [3.05, 3.63) is 23.8 Å². The van der Waals surface area contributed by atoms with Crippen molar-refractivity contribution in [2.45, 2.75) is 44.8 Å². The van der Waals surface area contributed by atoms with E-state index in [-0.39, 0.29) is 24.0 Å². The first kappa shape index (κ1) is 16.3. The summed E-state index contributed by atoms with van der Waals surface area (Å²) in [5.41, 5.74) is 2.16. The van der Waals surface area contributed by atoms with Gasteiger partial charge < -0.3 is 15.0 Å². The Kier molecular flexibility index (Phi) is 4.33. The lowest BCUT2D eigenvalue weighted by Crippen LogP contribution is -2.49. The van der Waals surface area contributed by atoms with E-state index in [0.717, 1.165) is 28.6 Å². The first-order valence-corrected chi connectivity index (χ1v) is 9.53. The van der Waals surface area contributed by atoms with Crippen LogP contribution < -0.4 is 10.1 Å². The first-order valence-electron chi connectivity index (χ1n) is 8.71. The fourth-order valence-corrected chi connectivity index (χ4v) is 4.43. The van der Waals surface area contributed by atoms with Crippen LogP contribution in [-0.4, -0.2) is 46.9 Å². The Balaban J connectivity index is 1.34. The van der Waals surface area contributed by atoms with E-state index in [1.807, 2.05) is 11.0 Å². The largest absolute Gasteiger partial charge is 0.467 e. The van der Waals surface area contributed by atoms with Gasteiger partial charge in [0.05, 0.1) is 10.2 Å². The van der Waals surface area contributed by atoms with Gasteiger partial charge in [0.25, 0.3) is 5.19 Å². The molecule has 2 fully saturated rings. The standard InChI is InChI=1S/C18H21N3O3S/c1-11-3-2-4-14-16(11)20-18(25-14)24-12-7-9-21(10-8-12)17(23)13-5-6-15(22)19-13/h2-4,12-13H,5-10H2,1H3,(H,19,22). The van der Waals surface area contributed by atoms with Crippen LogP contribution in [0.1, 0.15) is 31.2 Å². The van der Waals surface area contributed by atoms with E-state index in [4.69, 9.17) is 4.74 Å². The summed E-state index contributed by atoms with van der Waals surface area (Å²) in [5.74, 6) is 0.0163. The Labute approximate surface area is 150 Å². The van der Waals surface area contributed by atoms with E-state index in [1.165, 1.54) is 0 Å². The van der Waals surface area contributed by atoms with Gasteiger partial charge in [-0.2, -0.15) is 0 Å². The highest BCUT2D eigenvalue weighted by Gasteiger charge is 2.33. The molecule has 132 valence electrons. The maximum Gasteiger partial charge on any atom is 0.274 e. The number of hydrogen-bond donors (Lipinski definition) is 1. The summed E-state index contributed by atoms with van der Waals surface area (Å²) in [6, 6.07) is 5.81. The number of thiazole rings is 1. The van der Waals surface area contributed by atoms with Gasteiger partial charge in [-0.3, -0.25) is 9.59 Å². The fourth-order valence-electron chi connectivity index (χ4n) is 3.47. The minimum Gasteiger partial charge on any atom is -0.467 e. The second-order valence-electron chi connectivity index (χ2n) is 6.70. The smallest absolute Gasteiger partial charge is 0.274 e. The normalized spacial score (nSPS) is 21.6. The minimum absolute atomic E-state index is 0.0253. The number of benzene rings is 1. The van der Waals surface area contributed by atoms with Crippen molar-refractivity contribution in [2.75, 3.05) is 13.1 Å². The molecule has 1 atom stereocenters. The zero-order chi connectivity index (χ0) is 17.4. The Morgan fingerprint density at radius 1 is 1.32 bits per heavy atom. The number of likely N-dealkylation sites (tertiary alicyclic amines) is 1. The maximum absolute atomic E-state index is 12.4. The Bertz CT molecular complexity index is 811. The molecule has 1 unspecified atom stereocenters. The number of hydrogen-bond acceptors (Lipinski definition) is 5. The Morgan fingerprint density at radius 3 is 2.80 bits per heavy atom. The van der Waals surface area contributed by atoms with Crippen molar-refractivity contribution < 1.29 is 14.3 Å². The van der Waals surface area contributed by atoms with Crippen molar-refractivity contribution in [2.24, 2.45) is 0 Å². The zero-order valence-corrected chi connectivity index (χ0v) is 15.0. The Morgan fingerprint density at radius 2 is 2.12 bits per heavy atom. The van der Waals surface area contributed by atoms with Gasteiger partial charge in [0.2, 0.25) is 11.8 Å². The molecule has 0 bridgehead atoms. The van der Waals surface area contributed by atoms with Gasteiger partial charge in [-0.05, 0) is 25.0 Å². The highest BCUT2D eigenvalue weighted by molar-refractivity contribution is 7.20. The Hall–Kier alpha value is -2.15. The third kappa shape index (κ3) is 3.33. The number of aryl methyl sites for hydroxylation is 1. The monoisotopic (exact) mass is 359 g/mol. The van der Waals surface area contributed by atoms with Crippen molar-refractivity contribution in [3.8, 4) is 5.19 Å². The lowest BCUT2D eigenvalue weighted by Gasteiger charge is -2.33. The number of amides is 2. The lowest BCUT2D eigenvalue weighted by molar-refractivity contribution is -0.136. The molecular formula is C18H21N3O3S. The maximum atomic E-state index is 12.4. The summed E-state index contributed by atoms with van der Waals surface area (Å²) in [4.78, 5) is 30.2. The number of piperidine rings is 1. The topological polar surface area (TPSA) is 71.5 Å². The van der Waals surface area contributed by atoms with Crippen molar-refractivity contribution in [1.82, 2.24) is 15.2 Å². The summed E-state index contributed by atoms with van der Waals surface area (Å²) in [7, 11) is 0. The molecule has 1 aromatic heterocycles. The lowest BCUT2D eigenvalue weighted by atomic mass is 10.1. The number of carbonyl (C=O) groups is 2. The molecule has 3 heterocycles. The second kappa shape index (κ2) is 6.63. The molecule has 2 aliphatic rings. The van der Waals surface area contributed by atoms with Crippen LogP contribution in [0.15, 0.2) is 18.2 Å². The second-order valence-corrected chi connectivity index (χ2v) is 7.70. The van der Waals surface area contributed by atoms with Crippen LogP contribution in [0.25, 0.3) is 10.2 Å². The third-order valence-electron chi connectivity index (χ3n) is 4.92. The summed E-state index contributed by atoms with van der Waals surface area (Å²) in [6.07, 6.45) is 2.73. The van der Waals surface area contributed by atoms with Gasteiger partial charge in [-0.25, -0.2) is 4.98 Å². The fraction of sp³-hybridized carbons (Fsp3) is 0.500. The molecule has 4 rings (SSSR count). The van der Waals surface area contributed by atoms with Gasteiger partial charge in [-0.1, -0.05) is 23.5 Å². The summed E-state index contributed by atoms with van der Waals surface area (Å²) in [6.45, 7) is 3.39. The van der Waals surface area contributed by atoms with E-state index in [2.05, 4.69) is 29.4 Å². The predicted octanol–water partition coefficient (Wildman–Crippen LogP) is 2.25. The molecule has 0 aliphatic carbocycles. The van der Waals surface area contributed by atoms with Crippen LogP contribution >= 0.6 is 11.3 Å². The summed E-state index contributed by atoms with van der Waals surface area (Å²) in [5, 5.41) is 3.46. The molecule has 2 amide bonds. The van der Waals surface area contributed by atoms with E-state index >= 15 is 0 Å². The molecule has 1 N–H and O–H groups in total. The van der Waals surface area contributed by atoms with Gasteiger partial charge in [0.15, 0.2) is 0 Å². The highest BCUT2D eigenvalue weighted by atomic mass is 32.1. The van der Waals surface area contributed by atoms with Crippen LogP contribution in [0.2, 0.25) is 0 Å². The number of aromatic nitrogens is 1. The van der Waals surface area contributed by atoms with Gasteiger partial charge >= 0.3 is 0 Å². The molecule has 2 saturated heterocycles. The molecule has 0 saturated carbocycles. The number of carbonyl (C=O) groups excluding carboxylic acids is 2. The molecule has 25 heavy (non-hydrogen) atoms. The number of para-hydroxylation sites is 1. The number of nitrogens with one attached hydrogen (secondary N) is 1. The zero-order valence-electron chi connectivity index (χ0n) is 14.2. The van der Waals surface area contributed by atoms with Crippen LogP contribution in [0, 0.1) is 6.92 Å². The van der Waals surface area contributed by atoms with Crippen molar-refractivity contribution in [3.63, 3.8) is 0 Å². The SMILES string of the molecule is Cc1cccc2sc(OC3CCN(C(=O)C4CCC(=O)N4)CC3)nc12. The van der Waals surface area contributed by atoms with Crippen LogP contribution in [0.3, 0.4) is 0 Å². The summed E-state index contributed by atoms with van der Waals surface area (Å²) < 4.78 is 7.20. The van der Waals surface area contributed by atoms with E-state index < -0.39 is 0 Å². The van der Waals surface area contributed by atoms with Crippen molar-refractivity contribution in [1.29, 1.82) is 0 Å². The molecule has 6 nitrogen and oxygen atoms in total. The molecule has 2 aromatic rings.